The lowest BCUT2D eigenvalue weighted by Gasteiger charge is -2.25. The van der Waals surface area contributed by atoms with Crippen LogP contribution in [0.2, 0.25) is 0 Å². The van der Waals surface area contributed by atoms with E-state index < -0.39 is 0 Å². The molecule has 0 aromatic heterocycles. The largest absolute Gasteiger partial charge is 0.372 e. The van der Waals surface area contributed by atoms with Gasteiger partial charge in [0.25, 0.3) is 0 Å². The fourth-order valence-corrected chi connectivity index (χ4v) is 6.29. The van der Waals surface area contributed by atoms with Gasteiger partial charge in [0.05, 0.1) is 0 Å². The smallest absolute Gasteiger partial charge is 0.0366 e. The van der Waals surface area contributed by atoms with E-state index in [4.69, 9.17) is 0 Å². The van der Waals surface area contributed by atoms with Crippen molar-refractivity contribution in [2.45, 2.75) is 207 Å². The van der Waals surface area contributed by atoms with Gasteiger partial charge in [-0.1, -0.05) is 193 Å². The van der Waals surface area contributed by atoms with Crippen molar-refractivity contribution in [3.8, 4) is 0 Å². The molecule has 0 amide bonds. The van der Waals surface area contributed by atoms with E-state index in [2.05, 4.69) is 49.9 Å². The summed E-state index contributed by atoms with van der Waals surface area (Å²) in [6.45, 7) is 9.39. The van der Waals surface area contributed by atoms with E-state index in [9.17, 15) is 0 Å². The normalized spacial score (nSPS) is 11.4. The van der Waals surface area contributed by atoms with E-state index in [0.717, 1.165) is 0 Å². The summed E-state index contributed by atoms with van der Waals surface area (Å²) in [5, 5.41) is 0. The Morgan fingerprint density at radius 2 is 0.634 bits per heavy atom. The highest BCUT2D eigenvalue weighted by Crippen LogP contribution is 2.20. The van der Waals surface area contributed by atoms with Gasteiger partial charge in [0.15, 0.2) is 0 Å². The first-order chi connectivity index (χ1) is 20.3. The fourth-order valence-electron chi connectivity index (χ4n) is 6.29. The Hall–Kier alpha value is -0.980. The number of hydrogen-bond acceptors (Lipinski definition) is 1. The molecule has 0 radical (unpaired) electrons. The van der Waals surface area contributed by atoms with Crippen molar-refractivity contribution >= 4 is 5.69 Å². The lowest BCUT2D eigenvalue weighted by molar-refractivity contribution is 0.525. The summed E-state index contributed by atoms with van der Waals surface area (Å²) in [6.07, 6.45) is 41.1. The lowest BCUT2D eigenvalue weighted by atomic mass is 10.0. The number of rotatable bonds is 32. The molecule has 41 heavy (non-hydrogen) atoms. The van der Waals surface area contributed by atoms with E-state index in [1.807, 2.05) is 0 Å². The maximum absolute atomic E-state index is 2.67. The second-order valence-electron chi connectivity index (χ2n) is 13.2. The summed E-state index contributed by atoms with van der Waals surface area (Å²) < 4.78 is 0. The molecule has 0 aliphatic heterocycles. The van der Waals surface area contributed by atoms with E-state index in [1.54, 1.807) is 0 Å². The molecule has 0 bridgehead atoms. The molecule has 1 rings (SSSR count). The molecule has 0 fully saturated rings. The highest BCUT2D eigenvalue weighted by atomic mass is 15.1. The first-order valence-corrected chi connectivity index (χ1v) is 19.2. The minimum atomic E-state index is 1.22. The van der Waals surface area contributed by atoms with Gasteiger partial charge in [-0.05, 0) is 43.4 Å². The minimum absolute atomic E-state index is 1.22. The van der Waals surface area contributed by atoms with Crippen molar-refractivity contribution in [1.82, 2.24) is 0 Å². The molecule has 0 saturated carbocycles. The van der Waals surface area contributed by atoms with Gasteiger partial charge in [0, 0.05) is 18.8 Å². The second kappa shape index (κ2) is 30.5. The van der Waals surface area contributed by atoms with E-state index in [-0.39, 0.29) is 0 Å². The summed E-state index contributed by atoms with van der Waals surface area (Å²) in [7, 11) is 0. The Balaban J connectivity index is 2.05. The molecule has 1 nitrogen and oxygen atoms in total. The van der Waals surface area contributed by atoms with Crippen molar-refractivity contribution in [2.24, 2.45) is 0 Å². The molecule has 0 saturated heterocycles. The third-order valence-corrected chi connectivity index (χ3v) is 9.18. The molecule has 1 aromatic carbocycles. The van der Waals surface area contributed by atoms with Crippen LogP contribution in [0.1, 0.15) is 206 Å². The van der Waals surface area contributed by atoms with Gasteiger partial charge in [-0.3, -0.25) is 0 Å². The van der Waals surface area contributed by atoms with Crippen LogP contribution in [0, 0.1) is 0 Å². The Labute approximate surface area is 260 Å². The first kappa shape index (κ1) is 38.0. The minimum Gasteiger partial charge on any atom is -0.372 e. The van der Waals surface area contributed by atoms with Gasteiger partial charge in [0.2, 0.25) is 0 Å². The van der Waals surface area contributed by atoms with E-state index >= 15 is 0 Å². The predicted molar refractivity (Wildman–Crippen MR) is 189 cm³/mol. The number of benzene rings is 1. The van der Waals surface area contributed by atoms with Crippen molar-refractivity contribution in [3.05, 3.63) is 29.8 Å². The molecular formula is C40H75N. The number of hydrogen-bond donors (Lipinski definition) is 0. The molecule has 0 unspecified atom stereocenters. The van der Waals surface area contributed by atoms with Crippen LogP contribution < -0.4 is 4.90 Å². The highest BCUT2D eigenvalue weighted by molar-refractivity contribution is 5.47. The molecule has 240 valence electrons. The number of nitrogens with zero attached hydrogens (tertiary/aromatic N) is 1. The summed E-state index contributed by atoms with van der Waals surface area (Å²) in [5.74, 6) is 0. The highest BCUT2D eigenvalue weighted by Gasteiger charge is 2.07. The van der Waals surface area contributed by atoms with Crippen LogP contribution in [0.3, 0.4) is 0 Å². The van der Waals surface area contributed by atoms with Crippen molar-refractivity contribution in [1.29, 1.82) is 0 Å². The van der Waals surface area contributed by atoms with Gasteiger partial charge in [0.1, 0.15) is 0 Å². The molecule has 0 atom stereocenters. The zero-order chi connectivity index (χ0) is 29.5. The van der Waals surface area contributed by atoms with Crippen LogP contribution in [0.15, 0.2) is 24.3 Å². The number of anilines is 1. The van der Waals surface area contributed by atoms with Crippen molar-refractivity contribution in [3.63, 3.8) is 0 Å². The van der Waals surface area contributed by atoms with E-state index in [0.29, 0.717) is 0 Å². The number of aryl methyl sites for hydroxylation is 1. The predicted octanol–water partition coefficient (Wildman–Crippen LogP) is 14.0. The molecule has 0 aliphatic carbocycles. The average molecular weight is 570 g/mol. The molecule has 1 aromatic rings. The Morgan fingerprint density at radius 3 is 1.02 bits per heavy atom. The molecule has 0 spiro atoms. The zero-order valence-electron chi connectivity index (χ0n) is 28.7. The summed E-state index contributed by atoms with van der Waals surface area (Å²) in [4.78, 5) is 2.67. The van der Waals surface area contributed by atoms with Gasteiger partial charge in [-0.15, -0.1) is 0 Å². The SMILES string of the molecule is CCCCCCCCCCCCCCCCCCCCc1ccc(N(CCCCC)CCCCCCCCC)cc1. The molecular weight excluding hydrogens is 494 g/mol. The monoisotopic (exact) mass is 570 g/mol. The standard InChI is InChI=1S/C40H75N/c1-4-7-10-12-14-15-16-17-18-19-20-21-22-23-24-25-27-29-32-39-33-35-40(36-34-39)41(37-30-9-6-3)38-31-28-26-13-11-8-5-2/h33-36H,4-32,37-38H2,1-3H3. The number of unbranched alkanes of at least 4 members (excludes halogenated alkanes) is 25. The van der Waals surface area contributed by atoms with Crippen LogP contribution in [-0.4, -0.2) is 13.1 Å². The Kier molecular flexibility index (Phi) is 28.3. The first-order valence-electron chi connectivity index (χ1n) is 19.2. The maximum atomic E-state index is 2.67. The maximum Gasteiger partial charge on any atom is 0.0366 e. The Morgan fingerprint density at radius 1 is 0.341 bits per heavy atom. The summed E-state index contributed by atoms with van der Waals surface area (Å²) >= 11 is 0. The third-order valence-electron chi connectivity index (χ3n) is 9.18. The molecule has 0 N–H and O–H groups in total. The van der Waals surface area contributed by atoms with Gasteiger partial charge >= 0.3 is 0 Å². The van der Waals surface area contributed by atoms with Crippen LogP contribution >= 0.6 is 0 Å². The zero-order valence-corrected chi connectivity index (χ0v) is 28.7. The van der Waals surface area contributed by atoms with Crippen molar-refractivity contribution in [2.75, 3.05) is 18.0 Å². The quantitative estimate of drug-likeness (QED) is 0.0780. The molecule has 1 heteroatoms. The van der Waals surface area contributed by atoms with Crippen LogP contribution in [0.5, 0.6) is 0 Å². The third kappa shape index (κ3) is 24.2. The van der Waals surface area contributed by atoms with Crippen LogP contribution in [0.4, 0.5) is 5.69 Å². The topological polar surface area (TPSA) is 3.24 Å². The van der Waals surface area contributed by atoms with E-state index in [1.165, 1.54) is 211 Å². The second-order valence-corrected chi connectivity index (χ2v) is 13.2. The Bertz CT molecular complexity index is 620. The van der Waals surface area contributed by atoms with Gasteiger partial charge in [-0.25, -0.2) is 0 Å². The van der Waals surface area contributed by atoms with Crippen molar-refractivity contribution < 1.29 is 0 Å². The summed E-state index contributed by atoms with van der Waals surface area (Å²) in [6, 6.07) is 9.66. The van der Waals surface area contributed by atoms with Gasteiger partial charge < -0.3 is 4.90 Å². The van der Waals surface area contributed by atoms with Crippen LogP contribution in [0.25, 0.3) is 0 Å². The molecule has 0 heterocycles. The lowest BCUT2D eigenvalue weighted by Crippen LogP contribution is -2.25. The average Bonchev–Trinajstić information content (AvgIpc) is 2.99. The summed E-state index contributed by atoms with van der Waals surface area (Å²) in [5.41, 5.74) is 2.99. The van der Waals surface area contributed by atoms with Gasteiger partial charge in [-0.2, -0.15) is 0 Å². The van der Waals surface area contributed by atoms with Crippen LogP contribution in [-0.2, 0) is 6.42 Å². The molecule has 0 aliphatic rings. The fraction of sp³-hybridized carbons (Fsp3) is 0.850.